The standard InChI is InChI=1S/C22H21F2N3O2/c1-12-21(27(22(12)28)14-4-5-18-19(8-14)26-11-25-18)20-16(23)9-15(10-17(20)24)29-7-6-13-2-3-13/h4-5,8-13,21H,2-3,6-7H2,1H3,(H,25,26)/t12-,21-/m1/s1. The van der Waals surface area contributed by atoms with E-state index >= 15 is 0 Å². The topological polar surface area (TPSA) is 58.2 Å². The molecule has 5 nitrogen and oxygen atoms in total. The number of imidazole rings is 1. The van der Waals surface area contributed by atoms with Gasteiger partial charge in [-0.15, -0.1) is 0 Å². The van der Waals surface area contributed by atoms with Crippen molar-refractivity contribution in [3.63, 3.8) is 0 Å². The highest BCUT2D eigenvalue weighted by atomic mass is 19.1. The molecular formula is C22H21F2N3O2. The van der Waals surface area contributed by atoms with Crippen LogP contribution >= 0.6 is 0 Å². The summed E-state index contributed by atoms with van der Waals surface area (Å²) < 4.78 is 35.3. The lowest BCUT2D eigenvalue weighted by molar-refractivity contribution is -0.129. The van der Waals surface area contributed by atoms with Gasteiger partial charge in [0.2, 0.25) is 5.91 Å². The summed E-state index contributed by atoms with van der Waals surface area (Å²) in [4.78, 5) is 21.2. The number of benzene rings is 2. The highest BCUT2D eigenvalue weighted by Crippen LogP contribution is 2.45. The number of aromatic nitrogens is 2. The van der Waals surface area contributed by atoms with Crippen LogP contribution in [0.3, 0.4) is 0 Å². The lowest BCUT2D eigenvalue weighted by Crippen LogP contribution is -2.54. The Morgan fingerprint density at radius 1 is 1.21 bits per heavy atom. The van der Waals surface area contributed by atoms with Gasteiger partial charge >= 0.3 is 0 Å². The summed E-state index contributed by atoms with van der Waals surface area (Å²) in [5.41, 5.74) is 1.99. The van der Waals surface area contributed by atoms with Crippen LogP contribution in [0.25, 0.3) is 11.0 Å². The Morgan fingerprint density at radius 3 is 2.69 bits per heavy atom. The second-order valence-corrected chi connectivity index (χ2v) is 7.93. The van der Waals surface area contributed by atoms with Gasteiger partial charge in [0.25, 0.3) is 0 Å². The van der Waals surface area contributed by atoms with Crippen LogP contribution in [0, 0.1) is 23.5 Å². The fourth-order valence-corrected chi connectivity index (χ4v) is 4.05. The summed E-state index contributed by atoms with van der Waals surface area (Å²) in [7, 11) is 0. The van der Waals surface area contributed by atoms with Crippen molar-refractivity contribution in [1.82, 2.24) is 9.97 Å². The minimum atomic E-state index is -0.709. The van der Waals surface area contributed by atoms with Gasteiger partial charge in [0.05, 0.1) is 35.9 Å². The zero-order valence-corrected chi connectivity index (χ0v) is 16.0. The van der Waals surface area contributed by atoms with E-state index in [0.717, 1.165) is 11.9 Å². The number of carbonyl (C=O) groups excluding carboxylic acids is 1. The number of aromatic amines is 1. The Hall–Kier alpha value is -2.96. The maximum Gasteiger partial charge on any atom is 0.232 e. The molecule has 2 aromatic carbocycles. The minimum absolute atomic E-state index is 0.103. The third kappa shape index (κ3) is 3.14. The van der Waals surface area contributed by atoms with Gasteiger partial charge in [-0.1, -0.05) is 19.8 Å². The molecule has 29 heavy (non-hydrogen) atoms. The summed E-state index contributed by atoms with van der Waals surface area (Å²) in [5.74, 6) is -1.20. The SMILES string of the molecule is C[C@H]1C(=O)N(c2ccc3[nH]cnc3c2)[C@H]1c1c(F)cc(OCCC2CC2)cc1F. The predicted molar refractivity (Wildman–Crippen MR) is 105 cm³/mol. The van der Waals surface area contributed by atoms with E-state index in [9.17, 15) is 13.6 Å². The number of rotatable bonds is 6. The van der Waals surface area contributed by atoms with Crippen molar-refractivity contribution >= 4 is 22.6 Å². The van der Waals surface area contributed by atoms with E-state index in [4.69, 9.17) is 4.74 Å². The van der Waals surface area contributed by atoms with Crippen LogP contribution in [0.2, 0.25) is 0 Å². The molecule has 150 valence electrons. The second-order valence-electron chi connectivity index (χ2n) is 7.93. The molecule has 2 atom stereocenters. The summed E-state index contributed by atoms with van der Waals surface area (Å²) in [5, 5.41) is 0. The second kappa shape index (κ2) is 6.83. The summed E-state index contributed by atoms with van der Waals surface area (Å²) >= 11 is 0. The molecular weight excluding hydrogens is 376 g/mol. The maximum absolute atomic E-state index is 14.9. The molecule has 1 aliphatic heterocycles. The van der Waals surface area contributed by atoms with Gasteiger partial charge in [-0.3, -0.25) is 4.79 Å². The lowest BCUT2D eigenvalue weighted by Gasteiger charge is -2.46. The van der Waals surface area contributed by atoms with Gasteiger partial charge in [-0.05, 0) is 30.5 Å². The average Bonchev–Trinajstić information content (AvgIpc) is 3.40. The van der Waals surface area contributed by atoms with Crippen molar-refractivity contribution in [1.29, 1.82) is 0 Å². The number of nitrogens with zero attached hydrogens (tertiary/aromatic N) is 2. The molecule has 1 aromatic heterocycles. The van der Waals surface area contributed by atoms with Crippen molar-refractivity contribution in [2.24, 2.45) is 11.8 Å². The Balaban J connectivity index is 1.43. The fourth-order valence-electron chi connectivity index (χ4n) is 4.05. The predicted octanol–water partition coefficient (Wildman–Crippen LogP) is 4.74. The monoisotopic (exact) mass is 397 g/mol. The van der Waals surface area contributed by atoms with Crippen LogP contribution in [0.5, 0.6) is 5.75 Å². The Labute approximate surface area is 166 Å². The van der Waals surface area contributed by atoms with E-state index in [1.165, 1.54) is 29.9 Å². The molecule has 2 heterocycles. The van der Waals surface area contributed by atoms with E-state index in [1.807, 2.05) is 0 Å². The smallest absolute Gasteiger partial charge is 0.232 e. The van der Waals surface area contributed by atoms with Crippen LogP contribution < -0.4 is 9.64 Å². The van der Waals surface area contributed by atoms with E-state index in [2.05, 4.69) is 9.97 Å². The molecule has 2 aliphatic rings. The third-order valence-corrected chi connectivity index (χ3v) is 5.90. The lowest BCUT2D eigenvalue weighted by atomic mass is 9.82. The molecule has 2 fully saturated rings. The fraction of sp³-hybridized carbons (Fsp3) is 0.364. The molecule has 0 spiro atoms. The van der Waals surface area contributed by atoms with Crippen molar-refractivity contribution in [3.8, 4) is 5.75 Å². The molecule has 1 aliphatic carbocycles. The van der Waals surface area contributed by atoms with E-state index in [1.54, 1.807) is 31.5 Å². The normalized spacial score (nSPS) is 21.5. The van der Waals surface area contributed by atoms with E-state index in [0.29, 0.717) is 23.7 Å². The van der Waals surface area contributed by atoms with E-state index in [-0.39, 0.29) is 17.2 Å². The first-order valence-corrected chi connectivity index (χ1v) is 9.91. The molecule has 1 saturated carbocycles. The van der Waals surface area contributed by atoms with Crippen LogP contribution in [0.4, 0.5) is 14.5 Å². The van der Waals surface area contributed by atoms with Crippen molar-refractivity contribution < 1.29 is 18.3 Å². The first-order valence-electron chi connectivity index (χ1n) is 9.91. The van der Waals surface area contributed by atoms with Gasteiger partial charge < -0.3 is 14.6 Å². The van der Waals surface area contributed by atoms with Crippen molar-refractivity contribution in [2.45, 2.75) is 32.2 Å². The number of β-lactam (4-membered cyclic amide) rings is 1. The van der Waals surface area contributed by atoms with Crippen molar-refractivity contribution in [2.75, 3.05) is 11.5 Å². The zero-order chi connectivity index (χ0) is 20.1. The maximum atomic E-state index is 14.9. The molecule has 1 amide bonds. The summed E-state index contributed by atoms with van der Waals surface area (Å²) in [6, 6.07) is 7.02. The quantitative estimate of drug-likeness (QED) is 0.611. The first-order chi connectivity index (χ1) is 14.0. The molecule has 0 unspecified atom stereocenters. The summed E-state index contributed by atoms with van der Waals surface area (Å²) in [6.07, 6.45) is 4.88. The Kier molecular flexibility index (Phi) is 4.26. The largest absolute Gasteiger partial charge is 0.493 e. The van der Waals surface area contributed by atoms with Gasteiger partial charge in [0.1, 0.15) is 17.4 Å². The van der Waals surface area contributed by atoms with Crippen LogP contribution in [-0.2, 0) is 4.79 Å². The van der Waals surface area contributed by atoms with Crippen LogP contribution in [0.15, 0.2) is 36.7 Å². The minimum Gasteiger partial charge on any atom is -0.493 e. The average molecular weight is 397 g/mol. The van der Waals surface area contributed by atoms with Crippen LogP contribution in [-0.4, -0.2) is 22.5 Å². The van der Waals surface area contributed by atoms with Crippen molar-refractivity contribution in [3.05, 3.63) is 53.9 Å². The number of nitrogens with one attached hydrogen (secondary N) is 1. The number of hydrogen-bond acceptors (Lipinski definition) is 3. The number of hydrogen-bond donors (Lipinski definition) is 1. The number of ether oxygens (including phenoxy) is 1. The molecule has 3 aromatic rings. The Morgan fingerprint density at radius 2 is 1.97 bits per heavy atom. The number of anilines is 1. The molecule has 0 radical (unpaired) electrons. The molecule has 1 saturated heterocycles. The number of halogens is 2. The highest BCUT2D eigenvalue weighted by molar-refractivity contribution is 6.04. The molecule has 5 rings (SSSR count). The molecule has 7 heteroatoms. The van der Waals surface area contributed by atoms with E-state index < -0.39 is 23.6 Å². The summed E-state index contributed by atoms with van der Waals surface area (Å²) in [6.45, 7) is 2.15. The zero-order valence-electron chi connectivity index (χ0n) is 16.0. The molecule has 0 bridgehead atoms. The van der Waals surface area contributed by atoms with Crippen LogP contribution in [0.1, 0.15) is 37.8 Å². The molecule has 1 N–H and O–H groups in total. The third-order valence-electron chi connectivity index (χ3n) is 5.90. The number of fused-ring (bicyclic) bond motifs is 1. The van der Waals surface area contributed by atoms with Gasteiger partial charge in [-0.2, -0.15) is 0 Å². The highest BCUT2D eigenvalue weighted by Gasteiger charge is 2.48. The Bertz CT molecular complexity index is 1070. The number of carbonyl (C=O) groups is 1. The van der Waals surface area contributed by atoms with Gasteiger partial charge in [0, 0.05) is 23.4 Å². The van der Waals surface area contributed by atoms with Gasteiger partial charge in [-0.25, -0.2) is 13.8 Å². The van der Waals surface area contributed by atoms with Gasteiger partial charge in [0.15, 0.2) is 0 Å². The first kappa shape index (κ1) is 18.1. The number of H-pyrrole nitrogens is 1. The number of amides is 1.